The Morgan fingerprint density at radius 2 is 1.95 bits per heavy atom. The number of carbonyl (C=O) groups excluding carboxylic acids is 1. The van der Waals surface area contributed by atoms with Crippen molar-refractivity contribution in [1.82, 2.24) is 10.6 Å². The van der Waals surface area contributed by atoms with E-state index in [9.17, 15) is 22.4 Å². The summed E-state index contributed by atoms with van der Waals surface area (Å²) in [5.74, 6) is -2.06. The van der Waals surface area contributed by atoms with Gasteiger partial charge in [-0.3, -0.25) is 4.79 Å². The summed E-state index contributed by atoms with van der Waals surface area (Å²) in [6.45, 7) is 3.41. The van der Waals surface area contributed by atoms with Gasteiger partial charge in [0.15, 0.2) is 0 Å². The monoisotopic (exact) mass is 278 g/mol. The fourth-order valence-corrected chi connectivity index (χ4v) is 1.43. The Hall–Kier alpha value is -1.63. The molecule has 0 aliphatic carbocycles. The third-order valence-corrected chi connectivity index (χ3v) is 2.37. The van der Waals surface area contributed by atoms with E-state index in [4.69, 9.17) is 0 Å². The molecule has 19 heavy (non-hydrogen) atoms. The molecule has 7 heteroatoms. The highest BCUT2D eigenvalue weighted by atomic mass is 19.4. The van der Waals surface area contributed by atoms with Crippen LogP contribution in [0, 0.1) is 5.82 Å². The van der Waals surface area contributed by atoms with Gasteiger partial charge in [-0.05, 0) is 24.7 Å². The molecule has 0 spiro atoms. The van der Waals surface area contributed by atoms with Crippen LogP contribution in [0.1, 0.15) is 22.8 Å². The Kier molecular flexibility index (Phi) is 5.29. The largest absolute Gasteiger partial charge is 0.419 e. The molecule has 0 unspecified atom stereocenters. The van der Waals surface area contributed by atoms with Crippen molar-refractivity contribution in [2.24, 2.45) is 0 Å². The second kappa shape index (κ2) is 6.51. The second-order valence-corrected chi connectivity index (χ2v) is 3.80. The Morgan fingerprint density at radius 1 is 1.26 bits per heavy atom. The predicted molar refractivity (Wildman–Crippen MR) is 62.3 cm³/mol. The first-order chi connectivity index (χ1) is 8.86. The summed E-state index contributed by atoms with van der Waals surface area (Å²) in [7, 11) is 0. The molecular weight excluding hydrogens is 264 g/mol. The predicted octanol–water partition coefficient (Wildman–Crippen LogP) is 2.18. The lowest BCUT2D eigenvalue weighted by Gasteiger charge is -2.10. The lowest BCUT2D eigenvalue weighted by atomic mass is 10.1. The van der Waals surface area contributed by atoms with Crippen LogP contribution in [-0.2, 0) is 6.18 Å². The molecule has 0 bridgehead atoms. The summed E-state index contributed by atoms with van der Waals surface area (Å²) in [6, 6.07) is 2.17. The van der Waals surface area contributed by atoms with Crippen molar-refractivity contribution in [2.45, 2.75) is 13.1 Å². The summed E-state index contributed by atoms with van der Waals surface area (Å²) in [5, 5.41) is 5.39. The van der Waals surface area contributed by atoms with Gasteiger partial charge in [-0.1, -0.05) is 6.92 Å². The minimum atomic E-state index is -4.82. The zero-order valence-corrected chi connectivity index (χ0v) is 10.3. The smallest absolute Gasteiger partial charge is 0.351 e. The van der Waals surface area contributed by atoms with Gasteiger partial charge in [-0.25, -0.2) is 4.39 Å². The Labute approximate surface area is 108 Å². The topological polar surface area (TPSA) is 41.1 Å². The number of hydrogen-bond donors (Lipinski definition) is 2. The molecule has 3 nitrogen and oxygen atoms in total. The number of amides is 1. The van der Waals surface area contributed by atoms with E-state index >= 15 is 0 Å². The van der Waals surface area contributed by atoms with Crippen LogP contribution in [0.4, 0.5) is 17.6 Å². The lowest BCUT2D eigenvalue weighted by molar-refractivity contribution is -0.140. The second-order valence-electron chi connectivity index (χ2n) is 3.80. The Morgan fingerprint density at radius 3 is 2.53 bits per heavy atom. The fourth-order valence-electron chi connectivity index (χ4n) is 1.43. The first kappa shape index (κ1) is 15.4. The van der Waals surface area contributed by atoms with Crippen molar-refractivity contribution in [1.29, 1.82) is 0 Å². The molecule has 1 aromatic carbocycles. The van der Waals surface area contributed by atoms with Crippen LogP contribution in [0.2, 0.25) is 0 Å². The third-order valence-electron chi connectivity index (χ3n) is 2.37. The molecule has 0 fully saturated rings. The molecule has 0 atom stereocenters. The van der Waals surface area contributed by atoms with Crippen molar-refractivity contribution in [3.05, 3.63) is 35.1 Å². The van der Waals surface area contributed by atoms with E-state index < -0.39 is 23.5 Å². The van der Waals surface area contributed by atoms with E-state index in [1.165, 1.54) is 0 Å². The highest BCUT2D eigenvalue weighted by Gasteiger charge is 2.34. The van der Waals surface area contributed by atoms with Crippen molar-refractivity contribution in [3.8, 4) is 0 Å². The number of carbonyl (C=O) groups is 1. The number of likely N-dealkylation sites (N-methyl/N-ethyl adjacent to an activating group) is 1. The summed E-state index contributed by atoms with van der Waals surface area (Å²) < 4.78 is 50.4. The maximum Gasteiger partial charge on any atom is 0.419 e. The van der Waals surface area contributed by atoms with Crippen LogP contribution in [0.5, 0.6) is 0 Å². The summed E-state index contributed by atoms with van der Waals surface area (Å²) >= 11 is 0. The quantitative estimate of drug-likeness (QED) is 0.640. The van der Waals surface area contributed by atoms with Crippen molar-refractivity contribution >= 4 is 5.91 Å². The normalized spacial score (nSPS) is 11.4. The fraction of sp³-hybridized carbons (Fsp3) is 0.417. The zero-order valence-electron chi connectivity index (χ0n) is 10.3. The van der Waals surface area contributed by atoms with Crippen molar-refractivity contribution in [3.63, 3.8) is 0 Å². The number of nitrogens with one attached hydrogen (secondary N) is 2. The van der Waals surface area contributed by atoms with Crippen LogP contribution < -0.4 is 10.6 Å². The van der Waals surface area contributed by atoms with Crippen LogP contribution >= 0.6 is 0 Å². The molecule has 0 radical (unpaired) electrons. The van der Waals surface area contributed by atoms with Gasteiger partial charge in [-0.2, -0.15) is 13.2 Å². The summed E-state index contributed by atoms with van der Waals surface area (Å²) in [5.41, 5.74) is -1.66. The van der Waals surface area contributed by atoms with Gasteiger partial charge >= 0.3 is 6.18 Å². The average molecular weight is 278 g/mol. The Balaban J connectivity index is 2.76. The molecular formula is C12H14F4N2O. The first-order valence-electron chi connectivity index (χ1n) is 5.72. The number of halogens is 4. The average Bonchev–Trinajstić information content (AvgIpc) is 2.33. The van der Waals surface area contributed by atoms with E-state index in [0.717, 1.165) is 12.6 Å². The molecule has 1 amide bonds. The molecule has 0 aliphatic rings. The molecule has 0 aliphatic heterocycles. The minimum Gasteiger partial charge on any atom is -0.351 e. The number of hydrogen-bond acceptors (Lipinski definition) is 2. The number of rotatable bonds is 5. The van der Waals surface area contributed by atoms with Gasteiger partial charge in [-0.15, -0.1) is 0 Å². The number of benzene rings is 1. The highest BCUT2D eigenvalue weighted by molar-refractivity contribution is 5.94. The first-order valence-corrected chi connectivity index (χ1v) is 5.72. The zero-order chi connectivity index (χ0) is 14.5. The molecule has 1 aromatic rings. The number of alkyl halides is 3. The van der Waals surface area contributed by atoms with Crippen LogP contribution in [0.25, 0.3) is 0 Å². The van der Waals surface area contributed by atoms with Crippen molar-refractivity contribution < 1.29 is 22.4 Å². The Bertz CT molecular complexity index is 446. The molecule has 106 valence electrons. The van der Waals surface area contributed by atoms with Gasteiger partial charge in [0, 0.05) is 18.7 Å². The SMILES string of the molecule is CCNCCNC(=O)c1ccc(F)c(C(F)(F)F)c1. The standard InChI is InChI=1S/C12H14F4N2O/c1-2-17-5-6-18-11(19)8-3-4-10(13)9(7-8)12(14,15)16/h3-4,7,17H,2,5-6H2,1H3,(H,18,19). The molecule has 0 saturated heterocycles. The van der Waals surface area contributed by atoms with Gasteiger partial charge in [0.2, 0.25) is 0 Å². The van der Waals surface area contributed by atoms with Gasteiger partial charge in [0.25, 0.3) is 5.91 Å². The molecule has 0 aromatic heterocycles. The van der Waals surface area contributed by atoms with Gasteiger partial charge in [0.1, 0.15) is 5.82 Å². The maximum atomic E-state index is 13.0. The maximum absolute atomic E-state index is 13.0. The van der Waals surface area contributed by atoms with Crippen LogP contribution in [0.15, 0.2) is 18.2 Å². The van der Waals surface area contributed by atoms with E-state index in [1.807, 2.05) is 6.92 Å². The van der Waals surface area contributed by atoms with E-state index in [-0.39, 0.29) is 12.1 Å². The molecule has 0 heterocycles. The highest BCUT2D eigenvalue weighted by Crippen LogP contribution is 2.31. The summed E-state index contributed by atoms with van der Waals surface area (Å²) in [6.07, 6.45) is -4.82. The van der Waals surface area contributed by atoms with Gasteiger partial charge in [0.05, 0.1) is 5.56 Å². The minimum absolute atomic E-state index is 0.217. The van der Waals surface area contributed by atoms with E-state index in [2.05, 4.69) is 10.6 Å². The molecule has 2 N–H and O–H groups in total. The van der Waals surface area contributed by atoms with E-state index in [0.29, 0.717) is 18.7 Å². The lowest BCUT2D eigenvalue weighted by Crippen LogP contribution is -2.31. The third kappa shape index (κ3) is 4.51. The molecule has 0 saturated carbocycles. The van der Waals surface area contributed by atoms with Crippen molar-refractivity contribution in [2.75, 3.05) is 19.6 Å². The van der Waals surface area contributed by atoms with E-state index in [1.54, 1.807) is 0 Å². The summed E-state index contributed by atoms with van der Waals surface area (Å²) in [4.78, 5) is 11.6. The molecule has 1 rings (SSSR count). The van der Waals surface area contributed by atoms with Crippen LogP contribution in [0.3, 0.4) is 0 Å². The van der Waals surface area contributed by atoms with Gasteiger partial charge < -0.3 is 10.6 Å². The van der Waals surface area contributed by atoms with Crippen LogP contribution in [-0.4, -0.2) is 25.5 Å².